The first-order valence-electron chi connectivity index (χ1n) is 5.23. The van der Waals surface area contributed by atoms with Gasteiger partial charge < -0.3 is 5.32 Å². The van der Waals surface area contributed by atoms with E-state index >= 15 is 0 Å². The van der Waals surface area contributed by atoms with Crippen LogP contribution in [-0.4, -0.2) is 25.1 Å². The first-order valence-corrected chi connectivity index (χ1v) is 5.23. The average Bonchev–Trinajstić information content (AvgIpc) is 2.60. The Labute approximate surface area is 92.7 Å². The number of nitrogens with one attached hydrogen (secondary N) is 2. The van der Waals surface area contributed by atoms with Crippen LogP contribution < -0.4 is 11.0 Å². The lowest BCUT2D eigenvalue weighted by Gasteiger charge is -2.24. The highest BCUT2D eigenvalue weighted by atomic mass is 16.1. The van der Waals surface area contributed by atoms with Gasteiger partial charge in [-0.05, 0) is 20.3 Å². The van der Waals surface area contributed by atoms with Gasteiger partial charge in [0.15, 0.2) is 5.65 Å². The van der Waals surface area contributed by atoms with Gasteiger partial charge in [0, 0.05) is 11.6 Å². The lowest BCUT2D eigenvalue weighted by atomic mass is 10.0. The summed E-state index contributed by atoms with van der Waals surface area (Å²) in [6.45, 7) is 6.29. The molecule has 16 heavy (non-hydrogen) atoms. The Bertz CT molecular complexity index is 554. The van der Waals surface area contributed by atoms with Crippen molar-refractivity contribution >= 4 is 11.5 Å². The summed E-state index contributed by atoms with van der Waals surface area (Å²) >= 11 is 0. The van der Waals surface area contributed by atoms with Gasteiger partial charge in [-0.15, -0.1) is 0 Å². The SMILES string of the molecule is CCC(C)(C)Nc1cc2n[nH]c(=O)n2cn1. The number of nitrogens with zero attached hydrogens (tertiary/aromatic N) is 3. The lowest BCUT2D eigenvalue weighted by molar-refractivity contribution is 0.545. The zero-order valence-electron chi connectivity index (χ0n) is 9.61. The fraction of sp³-hybridized carbons (Fsp3) is 0.500. The molecule has 0 unspecified atom stereocenters. The summed E-state index contributed by atoms with van der Waals surface area (Å²) in [5.74, 6) is 0.721. The average molecular weight is 221 g/mol. The van der Waals surface area contributed by atoms with Gasteiger partial charge in [-0.1, -0.05) is 6.92 Å². The molecule has 2 N–H and O–H groups in total. The third kappa shape index (κ3) is 1.91. The summed E-state index contributed by atoms with van der Waals surface area (Å²) in [4.78, 5) is 15.4. The lowest BCUT2D eigenvalue weighted by Crippen LogP contribution is -2.30. The van der Waals surface area contributed by atoms with Crippen LogP contribution in [0.5, 0.6) is 0 Å². The Morgan fingerprint density at radius 2 is 2.31 bits per heavy atom. The van der Waals surface area contributed by atoms with Crippen molar-refractivity contribution in [3.63, 3.8) is 0 Å². The molecule has 2 heterocycles. The number of aromatic nitrogens is 4. The van der Waals surface area contributed by atoms with E-state index in [9.17, 15) is 4.79 Å². The fourth-order valence-corrected chi connectivity index (χ4v) is 1.31. The van der Waals surface area contributed by atoms with E-state index in [0.29, 0.717) is 5.65 Å². The molecule has 0 aliphatic carbocycles. The number of hydrogen-bond donors (Lipinski definition) is 2. The second kappa shape index (κ2) is 3.62. The summed E-state index contributed by atoms with van der Waals surface area (Å²) in [5, 5.41) is 9.54. The maximum Gasteiger partial charge on any atom is 0.348 e. The van der Waals surface area contributed by atoms with Crippen molar-refractivity contribution < 1.29 is 0 Å². The van der Waals surface area contributed by atoms with E-state index in [2.05, 4.69) is 41.3 Å². The van der Waals surface area contributed by atoms with E-state index in [1.807, 2.05) is 0 Å². The molecule has 2 aromatic heterocycles. The van der Waals surface area contributed by atoms with Gasteiger partial charge in [-0.2, -0.15) is 5.10 Å². The number of anilines is 1. The van der Waals surface area contributed by atoms with Crippen LogP contribution in [0, 0.1) is 0 Å². The van der Waals surface area contributed by atoms with Crippen LogP contribution in [0.15, 0.2) is 17.2 Å². The van der Waals surface area contributed by atoms with Crippen molar-refractivity contribution in [3.8, 4) is 0 Å². The molecule has 86 valence electrons. The molecular weight excluding hydrogens is 206 g/mol. The van der Waals surface area contributed by atoms with Gasteiger partial charge in [0.25, 0.3) is 0 Å². The normalized spacial score (nSPS) is 11.9. The Balaban J connectivity index is 2.37. The Kier molecular flexibility index (Phi) is 2.41. The molecule has 0 saturated carbocycles. The van der Waals surface area contributed by atoms with Crippen molar-refractivity contribution in [3.05, 3.63) is 22.9 Å². The van der Waals surface area contributed by atoms with Gasteiger partial charge >= 0.3 is 5.69 Å². The van der Waals surface area contributed by atoms with Crippen LogP contribution in [0.3, 0.4) is 0 Å². The van der Waals surface area contributed by atoms with Gasteiger partial charge in [0.2, 0.25) is 0 Å². The quantitative estimate of drug-likeness (QED) is 0.811. The Morgan fingerprint density at radius 3 is 3.00 bits per heavy atom. The van der Waals surface area contributed by atoms with Crippen LogP contribution in [0.4, 0.5) is 5.82 Å². The molecular formula is C10H15N5O. The molecule has 0 aliphatic rings. The van der Waals surface area contributed by atoms with E-state index < -0.39 is 0 Å². The minimum absolute atomic E-state index is 0.0258. The van der Waals surface area contributed by atoms with E-state index in [1.165, 1.54) is 10.7 Å². The predicted octanol–water partition coefficient (Wildman–Crippen LogP) is 1.02. The highest BCUT2D eigenvalue weighted by molar-refractivity contribution is 5.49. The van der Waals surface area contributed by atoms with Crippen LogP contribution in [0.1, 0.15) is 27.2 Å². The topological polar surface area (TPSA) is 75.1 Å². The minimum atomic E-state index is -0.274. The molecule has 0 fully saturated rings. The highest BCUT2D eigenvalue weighted by Gasteiger charge is 2.15. The van der Waals surface area contributed by atoms with E-state index in [1.54, 1.807) is 6.07 Å². The fourth-order valence-electron chi connectivity index (χ4n) is 1.31. The standard InChI is InChI=1S/C10H15N5O/c1-4-10(2,3)12-7-5-8-13-14-9(16)15(8)6-11-7/h5-6,12H,4H2,1-3H3,(H,14,16). The highest BCUT2D eigenvalue weighted by Crippen LogP contribution is 2.15. The zero-order valence-corrected chi connectivity index (χ0v) is 9.61. The van der Waals surface area contributed by atoms with E-state index in [-0.39, 0.29) is 11.2 Å². The van der Waals surface area contributed by atoms with Crippen LogP contribution in [0.25, 0.3) is 5.65 Å². The molecule has 0 bridgehead atoms. The Morgan fingerprint density at radius 1 is 1.56 bits per heavy atom. The summed E-state index contributed by atoms with van der Waals surface area (Å²) in [5.41, 5.74) is 0.264. The summed E-state index contributed by atoms with van der Waals surface area (Å²) in [6.07, 6.45) is 2.45. The monoisotopic (exact) mass is 221 g/mol. The molecule has 0 spiro atoms. The molecule has 2 rings (SSSR count). The number of hydrogen-bond acceptors (Lipinski definition) is 4. The summed E-state index contributed by atoms with van der Waals surface area (Å²) in [6, 6.07) is 1.75. The molecule has 0 amide bonds. The van der Waals surface area contributed by atoms with Crippen molar-refractivity contribution in [1.82, 2.24) is 19.6 Å². The Hall–Kier alpha value is -1.85. The molecule has 0 saturated heterocycles. The van der Waals surface area contributed by atoms with Crippen molar-refractivity contribution in [2.45, 2.75) is 32.7 Å². The van der Waals surface area contributed by atoms with E-state index in [4.69, 9.17) is 0 Å². The van der Waals surface area contributed by atoms with E-state index in [0.717, 1.165) is 12.2 Å². The molecule has 0 aliphatic heterocycles. The molecule has 0 aromatic carbocycles. The largest absolute Gasteiger partial charge is 0.365 e. The first kappa shape index (κ1) is 10.7. The summed E-state index contributed by atoms with van der Waals surface area (Å²) in [7, 11) is 0. The van der Waals surface area contributed by atoms with Gasteiger partial charge in [-0.3, -0.25) is 0 Å². The smallest absolute Gasteiger partial charge is 0.348 e. The van der Waals surface area contributed by atoms with Gasteiger partial charge in [0.1, 0.15) is 12.1 Å². The maximum atomic E-state index is 11.2. The zero-order chi connectivity index (χ0) is 11.8. The third-order valence-electron chi connectivity index (χ3n) is 2.66. The number of rotatable bonds is 3. The van der Waals surface area contributed by atoms with Crippen molar-refractivity contribution in [2.75, 3.05) is 5.32 Å². The van der Waals surface area contributed by atoms with Crippen LogP contribution >= 0.6 is 0 Å². The molecule has 6 heteroatoms. The van der Waals surface area contributed by atoms with Gasteiger partial charge in [-0.25, -0.2) is 19.3 Å². The second-order valence-electron chi connectivity index (χ2n) is 4.39. The van der Waals surface area contributed by atoms with Crippen LogP contribution in [-0.2, 0) is 0 Å². The first-order chi connectivity index (χ1) is 7.52. The molecule has 0 atom stereocenters. The third-order valence-corrected chi connectivity index (χ3v) is 2.66. The second-order valence-corrected chi connectivity index (χ2v) is 4.39. The maximum absolute atomic E-state index is 11.2. The van der Waals surface area contributed by atoms with Crippen molar-refractivity contribution in [2.24, 2.45) is 0 Å². The number of aromatic amines is 1. The summed E-state index contributed by atoms with van der Waals surface area (Å²) < 4.78 is 1.37. The number of fused-ring (bicyclic) bond motifs is 1. The van der Waals surface area contributed by atoms with Gasteiger partial charge in [0.05, 0.1) is 0 Å². The minimum Gasteiger partial charge on any atom is -0.365 e. The molecule has 2 aromatic rings. The van der Waals surface area contributed by atoms with Crippen LogP contribution in [0.2, 0.25) is 0 Å². The predicted molar refractivity (Wildman–Crippen MR) is 61.6 cm³/mol. The molecule has 0 radical (unpaired) electrons. The molecule has 6 nitrogen and oxygen atoms in total. The van der Waals surface area contributed by atoms with Crippen molar-refractivity contribution in [1.29, 1.82) is 0 Å². The number of H-pyrrole nitrogens is 1.